The van der Waals surface area contributed by atoms with Crippen LogP contribution in [0, 0.1) is 5.92 Å². The average molecular weight is 268 g/mol. The molecule has 15 heavy (non-hydrogen) atoms. The highest BCUT2D eigenvalue weighted by Crippen LogP contribution is 2.15. The Hall–Kier alpha value is -0.670. The summed E-state index contributed by atoms with van der Waals surface area (Å²) < 4.78 is 1.06. The quantitative estimate of drug-likeness (QED) is 0.910. The second-order valence-corrected chi connectivity index (χ2v) is 4.87. The molecule has 1 saturated heterocycles. The molecule has 1 aromatic rings. The first-order valence-electron chi connectivity index (χ1n) is 5.23. The van der Waals surface area contributed by atoms with E-state index in [1.165, 1.54) is 0 Å². The maximum Gasteiger partial charge on any atom is 0.141 e. The molecule has 3 heteroatoms. The van der Waals surface area contributed by atoms with Gasteiger partial charge in [0.05, 0.1) is 0 Å². The predicted octanol–water partition coefficient (Wildman–Crippen LogP) is 2.17. The normalized spacial score (nSPS) is 20.5. The molecule has 1 fully saturated rings. The summed E-state index contributed by atoms with van der Waals surface area (Å²) in [6.45, 7) is 1.84. The molecule has 80 valence electrons. The third-order valence-corrected chi connectivity index (χ3v) is 3.34. The van der Waals surface area contributed by atoms with Crippen molar-refractivity contribution in [2.45, 2.75) is 12.8 Å². The van der Waals surface area contributed by atoms with Gasteiger partial charge in [-0.25, -0.2) is 0 Å². The number of ketones is 1. The number of halogens is 1. The molecule has 1 aromatic carbocycles. The minimum absolute atomic E-state index is 0.230. The van der Waals surface area contributed by atoms with Gasteiger partial charge in [0.2, 0.25) is 0 Å². The van der Waals surface area contributed by atoms with Gasteiger partial charge in [0.25, 0.3) is 0 Å². The minimum Gasteiger partial charge on any atom is -0.316 e. The number of benzene rings is 1. The lowest BCUT2D eigenvalue weighted by Gasteiger charge is -2.06. The Morgan fingerprint density at radius 3 is 2.73 bits per heavy atom. The van der Waals surface area contributed by atoms with Crippen molar-refractivity contribution >= 4 is 21.7 Å². The van der Waals surface area contributed by atoms with Crippen molar-refractivity contribution in [2.75, 3.05) is 13.1 Å². The lowest BCUT2D eigenvalue weighted by molar-refractivity contribution is -0.121. The van der Waals surface area contributed by atoms with Crippen LogP contribution in [-0.4, -0.2) is 18.9 Å². The maximum absolute atomic E-state index is 11.8. The summed E-state index contributed by atoms with van der Waals surface area (Å²) in [5.74, 6) is 0.593. The summed E-state index contributed by atoms with van der Waals surface area (Å²) in [6.07, 6.45) is 1.56. The topological polar surface area (TPSA) is 29.1 Å². The molecule has 0 radical (unpaired) electrons. The van der Waals surface area contributed by atoms with Gasteiger partial charge >= 0.3 is 0 Å². The Bertz CT molecular complexity index is 341. The summed E-state index contributed by atoms with van der Waals surface area (Å²) in [5, 5.41) is 3.22. The van der Waals surface area contributed by atoms with Crippen molar-refractivity contribution in [3.05, 3.63) is 34.3 Å². The number of carbonyl (C=O) groups excluding carboxylic acids is 1. The molecule has 1 aliphatic heterocycles. The fraction of sp³-hybridized carbons (Fsp3) is 0.417. The first kappa shape index (κ1) is 10.8. The van der Waals surface area contributed by atoms with E-state index < -0.39 is 0 Å². The molecule has 0 amide bonds. The first-order chi connectivity index (χ1) is 7.25. The van der Waals surface area contributed by atoms with Gasteiger partial charge in [-0.05, 0) is 30.7 Å². The van der Waals surface area contributed by atoms with Gasteiger partial charge in [-0.2, -0.15) is 0 Å². The summed E-state index contributed by atoms with van der Waals surface area (Å²) in [5.41, 5.74) is 1.11. The molecule has 0 spiro atoms. The van der Waals surface area contributed by atoms with Crippen molar-refractivity contribution in [2.24, 2.45) is 5.92 Å². The second kappa shape index (κ2) is 4.90. The molecular weight excluding hydrogens is 254 g/mol. The molecule has 1 N–H and O–H groups in total. The third-order valence-electron chi connectivity index (χ3n) is 2.81. The zero-order valence-electron chi connectivity index (χ0n) is 8.50. The van der Waals surface area contributed by atoms with E-state index >= 15 is 0 Å². The monoisotopic (exact) mass is 267 g/mol. The van der Waals surface area contributed by atoms with E-state index in [-0.39, 0.29) is 5.92 Å². The van der Waals surface area contributed by atoms with Crippen LogP contribution in [0.15, 0.2) is 28.7 Å². The number of Topliss-reactive ketones (excluding diaryl/α,β-unsaturated/α-hetero) is 1. The largest absolute Gasteiger partial charge is 0.316 e. The second-order valence-electron chi connectivity index (χ2n) is 3.96. The van der Waals surface area contributed by atoms with Crippen LogP contribution >= 0.6 is 15.9 Å². The molecule has 0 saturated carbocycles. The average Bonchev–Trinajstić information content (AvgIpc) is 2.74. The van der Waals surface area contributed by atoms with E-state index in [9.17, 15) is 4.79 Å². The number of hydrogen-bond donors (Lipinski definition) is 1. The van der Waals surface area contributed by atoms with Crippen LogP contribution < -0.4 is 5.32 Å². The molecule has 0 aliphatic carbocycles. The smallest absolute Gasteiger partial charge is 0.141 e. The van der Waals surface area contributed by atoms with Crippen LogP contribution in [0.2, 0.25) is 0 Å². The first-order valence-corrected chi connectivity index (χ1v) is 6.03. The molecule has 2 rings (SSSR count). The van der Waals surface area contributed by atoms with Crippen LogP contribution in [-0.2, 0) is 11.2 Å². The number of rotatable bonds is 3. The van der Waals surface area contributed by atoms with E-state index in [2.05, 4.69) is 21.2 Å². The predicted molar refractivity (Wildman–Crippen MR) is 63.8 cm³/mol. The highest BCUT2D eigenvalue weighted by molar-refractivity contribution is 9.10. The van der Waals surface area contributed by atoms with Gasteiger partial charge in [-0.15, -0.1) is 0 Å². The number of nitrogens with one attached hydrogen (secondary N) is 1. The van der Waals surface area contributed by atoms with Gasteiger partial charge in [0.1, 0.15) is 5.78 Å². The van der Waals surface area contributed by atoms with Crippen molar-refractivity contribution < 1.29 is 4.79 Å². The highest BCUT2D eigenvalue weighted by Gasteiger charge is 2.21. The van der Waals surface area contributed by atoms with Gasteiger partial charge in [0.15, 0.2) is 0 Å². The Morgan fingerprint density at radius 2 is 2.13 bits per heavy atom. The van der Waals surface area contributed by atoms with Crippen LogP contribution in [0.4, 0.5) is 0 Å². The Morgan fingerprint density at radius 1 is 1.40 bits per heavy atom. The third kappa shape index (κ3) is 2.89. The zero-order chi connectivity index (χ0) is 10.7. The van der Waals surface area contributed by atoms with Crippen LogP contribution in [0.3, 0.4) is 0 Å². The summed E-state index contributed by atoms with van der Waals surface area (Å²) >= 11 is 3.38. The summed E-state index contributed by atoms with van der Waals surface area (Å²) in [6, 6.07) is 7.97. The van der Waals surface area contributed by atoms with Crippen LogP contribution in [0.5, 0.6) is 0 Å². The molecular formula is C12H14BrNO. The van der Waals surface area contributed by atoms with Gasteiger partial charge in [-0.1, -0.05) is 28.1 Å². The standard InChI is InChI=1S/C12H14BrNO/c13-11-3-1-9(2-4-11)7-12(15)10-5-6-14-8-10/h1-4,10,14H,5-8H2. The molecule has 1 aliphatic rings. The fourth-order valence-electron chi connectivity index (χ4n) is 1.88. The molecule has 0 bridgehead atoms. The van der Waals surface area contributed by atoms with Crippen molar-refractivity contribution in [1.82, 2.24) is 5.32 Å². The minimum atomic E-state index is 0.230. The van der Waals surface area contributed by atoms with Crippen LogP contribution in [0.25, 0.3) is 0 Å². The van der Waals surface area contributed by atoms with Crippen molar-refractivity contribution in [3.63, 3.8) is 0 Å². The molecule has 2 nitrogen and oxygen atoms in total. The van der Waals surface area contributed by atoms with Gasteiger partial charge < -0.3 is 5.32 Å². The lowest BCUT2D eigenvalue weighted by Crippen LogP contribution is -2.19. The Kier molecular flexibility index (Phi) is 3.54. The Balaban J connectivity index is 1.96. The molecule has 1 heterocycles. The number of hydrogen-bond acceptors (Lipinski definition) is 2. The molecule has 1 unspecified atom stereocenters. The summed E-state index contributed by atoms with van der Waals surface area (Å²) in [7, 11) is 0. The number of carbonyl (C=O) groups is 1. The van der Waals surface area contributed by atoms with E-state index in [4.69, 9.17) is 0 Å². The molecule has 0 aromatic heterocycles. The van der Waals surface area contributed by atoms with E-state index in [0.29, 0.717) is 12.2 Å². The van der Waals surface area contributed by atoms with E-state index in [1.54, 1.807) is 0 Å². The fourth-order valence-corrected chi connectivity index (χ4v) is 2.14. The Labute approximate surface area is 98.2 Å². The van der Waals surface area contributed by atoms with Gasteiger partial charge in [-0.3, -0.25) is 4.79 Å². The van der Waals surface area contributed by atoms with E-state index in [0.717, 1.165) is 29.5 Å². The maximum atomic E-state index is 11.8. The summed E-state index contributed by atoms with van der Waals surface area (Å²) in [4.78, 5) is 11.8. The molecule has 1 atom stereocenters. The van der Waals surface area contributed by atoms with E-state index in [1.807, 2.05) is 24.3 Å². The van der Waals surface area contributed by atoms with Crippen molar-refractivity contribution in [1.29, 1.82) is 0 Å². The lowest BCUT2D eigenvalue weighted by atomic mass is 9.97. The zero-order valence-corrected chi connectivity index (χ0v) is 10.1. The van der Waals surface area contributed by atoms with Gasteiger partial charge in [0, 0.05) is 23.4 Å². The van der Waals surface area contributed by atoms with Crippen molar-refractivity contribution in [3.8, 4) is 0 Å². The SMILES string of the molecule is O=C(Cc1ccc(Br)cc1)C1CCNC1. The highest BCUT2D eigenvalue weighted by atomic mass is 79.9. The van der Waals surface area contributed by atoms with Crippen LogP contribution in [0.1, 0.15) is 12.0 Å².